The lowest BCUT2D eigenvalue weighted by atomic mass is 9.95. The van der Waals surface area contributed by atoms with Crippen LogP contribution in [0.25, 0.3) is 22.2 Å². The average Bonchev–Trinajstić information content (AvgIpc) is 2.82. The molecule has 3 aromatic rings. The SMILES string of the molecule is CCOC(=O)c1c(-c2cc3ccccc3nc2N2CCC(C(F)(F)F)CC2)[nH]c(C)c(OC)c1=O. The molecule has 2 aromatic heterocycles. The van der Waals surface area contributed by atoms with Crippen molar-refractivity contribution in [3.8, 4) is 17.0 Å². The predicted octanol–water partition coefficient (Wildman–Crippen LogP) is 4.86. The number of carbonyl (C=O) groups excluding carboxylic acids is 1. The molecule has 4 rings (SSSR count). The van der Waals surface area contributed by atoms with E-state index in [1.165, 1.54) is 7.11 Å². The largest absolute Gasteiger partial charge is 0.491 e. The quantitative estimate of drug-likeness (QED) is 0.515. The van der Waals surface area contributed by atoms with Crippen LogP contribution in [-0.4, -0.2) is 48.9 Å². The first kappa shape index (κ1) is 24.6. The van der Waals surface area contributed by atoms with Crippen molar-refractivity contribution in [2.24, 2.45) is 5.92 Å². The molecule has 186 valence electrons. The highest BCUT2D eigenvalue weighted by Gasteiger charge is 2.41. The molecular formula is C25H26F3N3O4. The Morgan fingerprint density at radius 1 is 1.23 bits per heavy atom. The third-order valence-electron chi connectivity index (χ3n) is 6.25. The second-order valence-corrected chi connectivity index (χ2v) is 8.44. The monoisotopic (exact) mass is 489 g/mol. The Kier molecular flexibility index (Phi) is 6.73. The second-order valence-electron chi connectivity index (χ2n) is 8.44. The van der Waals surface area contributed by atoms with Crippen molar-refractivity contribution in [1.29, 1.82) is 0 Å². The van der Waals surface area contributed by atoms with Gasteiger partial charge in [0.05, 0.1) is 36.5 Å². The van der Waals surface area contributed by atoms with Crippen molar-refractivity contribution in [2.45, 2.75) is 32.9 Å². The molecule has 1 saturated heterocycles. The lowest BCUT2D eigenvalue weighted by molar-refractivity contribution is -0.179. The number of anilines is 1. The van der Waals surface area contributed by atoms with Gasteiger partial charge in [0.25, 0.3) is 0 Å². The number of hydrogen-bond donors (Lipinski definition) is 1. The van der Waals surface area contributed by atoms with Gasteiger partial charge in [-0.2, -0.15) is 13.2 Å². The van der Waals surface area contributed by atoms with Crippen LogP contribution in [0.2, 0.25) is 0 Å². The number of H-pyrrole nitrogens is 1. The summed E-state index contributed by atoms with van der Waals surface area (Å²) in [5, 5.41) is 0.751. The molecule has 1 N–H and O–H groups in total. The number of carbonyl (C=O) groups is 1. The minimum Gasteiger partial charge on any atom is -0.491 e. The number of nitrogens with zero attached hydrogens (tertiary/aromatic N) is 2. The molecule has 0 atom stereocenters. The zero-order valence-electron chi connectivity index (χ0n) is 19.7. The van der Waals surface area contributed by atoms with Gasteiger partial charge in [-0.3, -0.25) is 4.79 Å². The summed E-state index contributed by atoms with van der Waals surface area (Å²) in [6.07, 6.45) is -4.39. The molecule has 0 saturated carbocycles. The highest BCUT2D eigenvalue weighted by Crippen LogP contribution is 2.39. The van der Waals surface area contributed by atoms with Crippen molar-refractivity contribution in [2.75, 3.05) is 31.7 Å². The van der Waals surface area contributed by atoms with Gasteiger partial charge in [-0.25, -0.2) is 9.78 Å². The first-order valence-corrected chi connectivity index (χ1v) is 11.4. The molecule has 1 aliphatic rings. The van der Waals surface area contributed by atoms with Crippen LogP contribution in [0, 0.1) is 12.8 Å². The Hall–Kier alpha value is -3.56. The number of para-hydroxylation sites is 1. The average molecular weight is 489 g/mol. The minimum absolute atomic E-state index is 0.0157. The van der Waals surface area contributed by atoms with Crippen LogP contribution in [0.1, 0.15) is 35.8 Å². The summed E-state index contributed by atoms with van der Waals surface area (Å²) in [6, 6.07) is 9.07. The molecule has 10 heteroatoms. The summed E-state index contributed by atoms with van der Waals surface area (Å²) in [5.41, 5.74) is 0.799. The fourth-order valence-electron chi connectivity index (χ4n) is 4.50. The highest BCUT2D eigenvalue weighted by molar-refractivity contribution is 6.00. The van der Waals surface area contributed by atoms with Gasteiger partial charge in [0.1, 0.15) is 11.4 Å². The molecule has 0 amide bonds. The fraction of sp³-hybridized carbons (Fsp3) is 0.400. The van der Waals surface area contributed by atoms with Crippen LogP contribution in [0.4, 0.5) is 19.0 Å². The Labute approximate surface area is 199 Å². The normalized spacial score (nSPS) is 14.9. The van der Waals surface area contributed by atoms with E-state index in [0.717, 1.165) is 5.39 Å². The van der Waals surface area contributed by atoms with Gasteiger partial charge in [-0.15, -0.1) is 0 Å². The third kappa shape index (κ3) is 4.69. The van der Waals surface area contributed by atoms with Crippen molar-refractivity contribution in [3.63, 3.8) is 0 Å². The van der Waals surface area contributed by atoms with Crippen molar-refractivity contribution in [3.05, 3.63) is 51.8 Å². The van der Waals surface area contributed by atoms with E-state index in [1.807, 2.05) is 18.2 Å². The lowest BCUT2D eigenvalue weighted by Crippen LogP contribution is -2.39. The standard InChI is InChI=1S/C25H26F3N3O4/c1-4-35-24(33)19-20(29-14(2)22(34-3)21(19)32)17-13-15-7-5-6-8-18(15)30-23(17)31-11-9-16(10-12-31)25(26,27)28/h5-8,13,16H,4,9-12H2,1-3H3,(H,29,32). The van der Waals surface area contributed by atoms with Gasteiger partial charge >= 0.3 is 12.1 Å². The maximum Gasteiger partial charge on any atom is 0.391 e. The number of hydrogen-bond acceptors (Lipinski definition) is 6. The van der Waals surface area contributed by atoms with Gasteiger partial charge in [-0.05, 0) is 38.8 Å². The van der Waals surface area contributed by atoms with E-state index >= 15 is 0 Å². The number of nitrogens with one attached hydrogen (secondary N) is 1. The number of pyridine rings is 2. The van der Waals surface area contributed by atoms with E-state index < -0.39 is 23.5 Å². The van der Waals surface area contributed by atoms with E-state index in [2.05, 4.69) is 4.98 Å². The Morgan fingerprint density at radius 2 is 1.91 bits per heavy atom. The van der Waals surface area contributed by atoms with Gasteiger partial charge in [-0.1, -0.05) is 18.2 Å². The Balaban J connectivity index is 1.93. The zero-order valence-corrected chi connectivity index (χ0v) is 19.7. The van der Waals surface area contributed by atoms with Crippen LogP contribution in [0.15, 0.2) is 35.1 Å². The van der Waals surface area contributed by atoms with E-state index in [-0.39, 0.29) is 49.5 Å². The molecule has 0 radical (unpaired) electrons. The topological polar surface area (TPSA) is 84.5 Å². The molecule has 0 unspecified atom stereocenters. The molecule has 0 aliphatic carbocycles. The van der Waals surface area contributed by atoms with Crippen LogP contribution in [-0.2, 0) is 4.74 Å². The number of aromatic nitrogens is 2. The number of benzene rings is 1. The number of halogens is 3. The maximum absolute atomic E-state index is 13.3. The smallest absolute Gasteiger partial charge is 0.391 e. The Morgan fingerprint density at radius 3 is 2.54 bits per heavy atom. The summed E-state index contributed by atoms with van der Waals surface area (Å²) >= 11 is 0. The first-order valence-electron chi connectivity index (χ1n) is 11.4. The van der Waals surface area contributed by atoms with Gasteiger partial charge in [0.15, 0.2) is 5.75 Å². The summed E-state index contributed by atoms with van der Waals surface area (Å²) in [7, 11) is 1.33. The van der Waals surface area contributed by atoms with Crippen LogP contribution in [0.3, 0.4) is 0 Å². The van der Waals surface area contributed by atoms with Crippen molar-refractivity contribution < 1.29 is 27.4 Å². The number of methoxy groups -OCH3 is 1. The highest BCUT2D eigenvalue weighted by atomic mass is 19.4. The number of aromatic amines is 1. The molecule has 1 fully saturated rings. The minimum atomic E-state index is -4.25. The number of rotatable bonds is 5. The lowest BCUT2D eigenvalue weighted by Gasteiger charge is -2.35. The number of fused-ring (bicyclic) bond motifs is 1. The number of alkyl halides is 3. The molecule has 3 heterocycles. The third-order valence-corrected chi connectivity index (χ3v) is 6.25. The summed E-state index contributed by atoms with van der Waals surface area (Å²) in [4.78, 5) is 35.7. The fourth-order valence-corrected chi connectivity index (χ4v) is 4.50. The van der Waals surface area contributed by atoms with Gasteiger partial charge in [0, 0.05) is 24.0 Å². The van der Waals surface area contributed by atoms with Crippen molar-refractivity contribution in [1.82, 2.24) is 9.97 Å². The number of esters is 1. The summed E-state index contributed by atoms with van der Waals surface area (Å²) in [5.74, 6) is -1.81. The Bertz CT molecular complexity index is 1310. The van der Waals surface area contributed by atoms with Gasteiger partial charge < -0.3 is 19.4 Å². The number of ether oxygens (including phenoxy) is 2. The van der Waals surface area contributed by atoms with E-state index in [1.54, 1.807) is 30.9 Å². The first-order chi connectivity index (χ1) is 16.7. The summed E-state index contributed by atoms with van der Waals surface area (Å²) < 4.78 is 50.2. The van der Waals surface area contributed by atoms with Gasteiger partial charge in [0.2, 0.25) is 5.43 Å². The zero-order chi connectivity index (χ0) is 25.3. The molecular weight excluding hydrogens is 463 g/mol. The van der Waals surface area contributed by atoms with E-state index in [0.29, 0.717) is 22.6 Å². The van der Waals surface area contributed by atoms with E-state index in [9.17, 15) is 22.8 Å². The number of aryl methyl sites for hydroxylation is 1. The molecule has 1 aliphatic heterocycles. The van der Waals surface area contributed by atoms with Crippen LogP contribution < -0.4 is 15.1 Å². The second kappa shape index (κ2) is 9.59. The van der Waals surface area contributed by atoms with E-state index in [4.69, 9.17) is 14.5 Å². The predicted molar refractivity (Wildman–Crippen MR) is 126 cm³/mol. The summed E-state index contributed by atoms with van der Waals surface area (Å²) in [6.45, 7) is 3.60. The van der Waals surface area contributed by atoms with Crippen LogP contribution in [0.5, 0.6) is 5.75 Å². The van der Waals surface area contributed by atoms with Crippen molar-refractivity contribution >= 4 is 22.7 Å². The molecule has 0 bridgehead atoms. The number of piperidine rings is 1. The molecule has 35 heavy (non-hydrogen) atoms. The molecule has 0 spiro atoms. The molecule has 1 aromatic carbocycles. The maximum atomic E-state index is 13.3. The molecule has 7 nitrogen and oxygen atoms in total. The van der Waals surface area contributed by atoms with Crippen LogP contribution >= 0.6 is 0 Å².